The van der Waals surface area contributed by atoms with Crippen LogP contribution in [0.3, 0.4) is 0 Å². The number of nitrogens with two attached hydrogens (primary N) is 1. The molecule has 78 valence electrons. The van der Waals surface area contributed by atoms with Gasteiger partial charge in [0.1, 0.15) is 11.6 Å². The number of hydrogen-bond acceptors (Lipinski definition) is 3. The van der Waals surface area contributed by atoms with Crippen LogP contribution < -0.4 is 10.5 Å². The monoisotopic (exact) mass is 267 g/mol. The molecule has 0 amide bonds. The molecule has 0 radical (unpaired) electrons. The molecule has 2 N–H and O–H groups in total. The van der Waals surface area contributed by atoms with E-state index in [1.165, 1.54) is 0 Å². The Morgan fingerprint density at radius 3 is 2.80 bits per heavy atom. The fourth-order valence-electron chi connectivity index (χ4n) is 1.27. The van der Waals surface area contributed by atoms with Gasteiger partial charge in [0.2, 0.25) is 0 Å². The summed E-state index contributed by atoms with van der Waals surface area (Å²) in [6.07, 6.45) is 1.80. The Morgan fingerprint density at radius 1 is 1.40 bits per heavy atom. The zero-order chi connectivity index (χ0) is 10.8. The van der Waals surface area contributed by atoms with Crippen molar-refractivity contribution in [3.63, 3.8) is 0 Å². The molecule has 0 aliphatic rings. The van der Waals surface area contributed by atoms with Gasteiger partial charge in [0, 0.05) is 22.8 Å². The average molecular weight is 268 g/mol. The van der Waals surface area contributed by atoms with Gasteiger partial charge in [0.05, 0.1) is 12.8 Å². The summed E-state index contributed by atoms with van der Waals surface area (Å²) in [5.41, 5.74) is 6.45. The lowest BCUT2D eigenvalue weighted by Gasteiger charge is -2.06. The predicted molar refractivity (Wildman–Crippen MR) is 62.2 cm³/mol. The van der Waals surface area contributed by atoms with Crippen molar-refractivity contribution in [2.75, 3.05) is 12.8 Å². The van der Waals surface area contributed by atoms with Crippen molar-refractivity contribution in [3.8, 4) is 11.4 Å². The highest BCUT2D eigenvalue weighted by atomic mass is 79.9. The lowest BCUT2D eigenvalue weighted by atomic mass is 10.3. The van der Waals surface area contributed by atoms with Gasteiger partial charge < -0.3 is 10.5 Å². The van der Waals surface area contributed by atoms with Crippen LogP contribution in [-0.4, -0.2) is 16.9 Å². The number of methoxy groups -OCH3 is 1. The number of nitrogen functional groups attached to an aromatic ring is 1. The van der Waals surface area contributed by atoms with Gasteiger partial charge in [0.15, 0.2) is 0 Å². The Morgan fingerprint density at radius 2 is 2.20 bits per heavy atom. The summed E-state index contributed by atoms with van der Waals surface area (Å²) in [5.74, 6) is 1.27. The van der Waals surface area contributed by atoms with Crippen LogP contribution in [0.4, 0.5) is 5.82 Å². The zero-order valence-corrected chi connectivity index (χ0v) is 9.73. The largest absolute Gasteiger partial charge is 0.497 e. The normalized spacial score (nSPS) is 10.3. The van der Waals surface area contributed by atoms with Gasteiger partial charge in [-0.2, -0.15) is 5.10 Å². The lowest BCUT2D eigenvalue weighted by molar-refractivity contribution is 0.414. The van der Waals surface area contributed by atoms with Crippen molar-refractivity contribution >= 4 is 21.7 Å². The molecule has 0 unspecified atom stereocenters. The molecule has 15 heavy (non-hydrogen) atoms. The van der Waals surface area contributed by atoms with Crippen LogP contribution in [0.1, 0.15) is 0 Å². The fraction of sp³-hybridized carbons (Fsp3) is 0.100. The summed E-state index contributed by atoms with van der Waals surface area (Å²) in [7, 11) is 1.63. The second-order valence-electron chi connectivity index (χ2n) is 3.00. The van der Waals surface area contributed by atoms with Crippen LogP contribution in [0.2, 0.25) is 0 Å². The highest BCUT2D eigenvalue weighted by molar-refractivity contribution is 9.10. The minimum atomic E-state index is 0.490. The van der Waals surface area contributed by atoms with E-state index in [2.05, 4.69) is 21.0 Å². The number of hydrogen-bond donors (Lipinski definition) is 1. The second-order valence-corrected chi connectivity index (χ2v) is 3.86. The summed E-state index contributed by atoms with van der Waals surface area (Å²) < 4.78 is 7.78. The van der Waals surface area contributed by atoms with E-state index in [4.69, 9.17) is 10.5 Å². The Balaban J connectivity index is 2.51. The Hall–Kier alpha value is -1.49. The molecule has 0 saturated carbocycles. The first-order valence-electron chi connectivity index (χ1n) is 4.36. The molecule has 5 heteroatoms. The van der Waals surface area contributed by atoms with Gasteiger partial charge in [-0.1, -0.05) is 0 Å². The van der Waals surface area contributed by atoms with Crippen LogP contribution in [0.5, 0.6) is 5.75 Å². The van der Waals surface area contributed by atoms with Crippen molar-refractivity contribution in [2.24, 2.45) is 0 Å². The molecule has 0 aliphatic carbocycles. The zero-order valence-electron chi connectivity index (χ0n) is 8.14. The van der Waals surface area contributed by atoms with E-state index in [0.717, 1.165) is 15.9 Å². The van der Waals surface area contributed by atoms with Crippen LogP contribution in [0.15, 0.2) is 34.9 Å². The second kappa shape index (κ2) is 3.94. The van der Waals surface area contributed by atoms with Gasteiger partial charge in [0.25, 0.3) is 0 Å². The number of rotatable bonds is 2. The molecule has 0 spiro atoms. The van der Waals surface area contributed by atoms with Crippen LogP contribution in [0, 0.1) is 0 Å². The summed E-state index contributed by atoms with van der Waals surface area (Å²) >= 11 is 3.45. The quantitative estimate of drug-likeness (QED) is 0.908. The summed E-state index contributed by atoms with van der Waals surface area (Å²) in [5, 5.41) is 4.13. The minimum absolute atomic E-state index is 0.490. The van der Waals surface area contributed by atoms with Crippen molar-refractivity contribution in [3.05, 3.63) is 34.9 Å². The van der Waals surface area contributed by atoms with Crippen molar-refractivity contribution in [1.82, 2.24) is 9.78 Å². The molecule has 1 heterocycles. The van der Waals surface area contributed by atoms with Gasteiger partial charge in [-0.05, 0) is 28.1 Å². The minimum Gasteiger partial charge on any atom is -0.497 e. The third-order valence-corrected chi connectivity index (χ3v) is 2.68. The molecular weight excluding hydrogens is 258 g/mol. The Kier molecular flexibility index (Phi) is 2.64. The average Bonchev–Trinajstić information content (AvgIpc) is 2.65. The van der Waals surface area contributed by atoms with E-state index < -0.39 is 0 Å². The van der Waals surface area contributed by atoms with Crippen molar-refractivity contribution in [1.29, 1.82) is 0 Å². The third-order valence-electron chi connectivity index (χ3n) is 2.01. The number of aromatic nitrogens is 2. The highest BCUT2D eigenvalue weighted by Crippen LogP contribution is 2.25. The molecule has 1 aromatic heterocycles. The maximum atomic E-state index is 5.56. The predicted octanol–water partition coefficient (Wildman–Crippen LogP) is 2.23. The van der Waals surface area contributed by atoms with E-state index in [1.807, 2.05) is 18.2 Å². The molecule has 2 aromatic rings. The summed E-state index contributed by atoms with van der Waals surface area (Å²) in [6.45, 7) is 0. The lowest BCUT2D eigenvalue weighted by Crippen LogP contribution is -1.98. The maximum Gasteiger partial charge on any atom is 0.145 e. The Bertz CT molecular complexity index is 481. The molecule has 0 atom stereocenters. The maximum absolute atomic E-state index is 5.56. The molecule has 0 fully saturated rings. The van der Waals surface area contributed by atoms with Crippen molar-refractivity contribution in [2.45, 2.75) is 0 Å². The van der Waals surface area contributed by atoms with Gasteiger partial charge in [-0.15, -0.1) is 0 Å². The number of anilines is 1. The summed E-state index contributed by atoms with van der Waals surface area (Å²) in [4.78, 5) is 0. The van der Waals surface area contributed by atoms with Crippen LogP contribution in [0.25, 0.3) is 5.69 Å². The van der Waals surface area contributed by atoms with Crippen molar-refractivity contribution < 1.29 is 4.74 Å². The number of ether oxygens (including phenoxy) is 1. The highest BCUT2D eigenvalue weighted by Gasteiger charge is 2.05. The molecule has 0 bridgehead atoms. The van der Waals surface area contributed by atoms with Crippen LogP contribution >= 0.6 is 15.9 Å². The molecule has 1 aromatic carbocycles. The van der Waals surface area contributed by atoms with Gasteiger partial charge >= 0.3 is 0 Å². The van der Waals surface area contributed by atoms with E-state index in [-0.39, 0.29) is 0 Å². The Labute approximate surface area is 95.8 Å². The third kappa shape index (κ3) is 1.97. The summed E-state index contributed by atoms with van der Waals surface area (Å²) in [6, 6.07) is 7.41. The first kappa shape index (κ1) is 10.0. The topological polar surface area (TPSA) is 53.1 Å². The van der Waals surface area contributed by atoms with Crippen LogP contribution in [-0.2, 0) is 0 Å². The number of benzene rings is 1. The van der Waals surface area contributed by atoms with E-state index in [0.29, 0.717) is 5.82 Å². The first-order chi connectivity index (χ1) is 7.20. The number of nitrogens with zero attached hydrogens (tertiary/aromatic N) is 2. The van der Waals surface area contributed by atoms with Gasteiger partial charge in [-0.3, -0.25) is 0 Å². The number of halogens is 1. The van der Waals surface area contributed by atoms with Gasteiger partial charge in [-0.25, -0.2) is 4.68 Å². The smallest absolute Gasteiger partial charge is 0.145 e. The SMILES string of the molecule is COc1ccc(Br)c(-n2ccc(N)n2)c1. The fourth-order valence-corrected chi connectivity index (χ4v) is 1.70. The van der Waals surface area contributed by atoms with E-state index >= 15 is 0 Å². The molecule has 0 aliphatic heterocycles. The molecular formula is C10H10BrN3O. The molecule has 4 nitrogen and oxygen atoms in total. The molecule has 0 saturated heterocycles. The van der Waals surface area contributed by atoms with E-state index in [1.54, 1.807) is 24.1 Å². The first-order valence-corrected chi connectivity index (χ1v) is 5.15. The molecule has 2 rings (SSSR count). The standard InChI is InChI=1S/C10H10BrN3O/c1-15-7-2-3-8(11)9(6-7)14-5-4-10(12)13-14/h2-6H,1H3,(H2,12,13). The van der Waals surface area contributed by atoms with E-state index in [9.17, 15) is 0 Å².